The number of carbonyl (C=O) groups is 1. The summed E-state index contributed by atoms with van der Waals surface area (Å²) in [5, 5.41) is 2.96. The van der Waals surface area contributed by atoms with Crippen LogP contribution in [0.3, 0.4) is 0 Å². The molecule has 18 heavy (non-hydrogen) atoms. The highest BCUT2D eigenvalue weighted by molar-refractivity contribution is 5.95. The van der Waals surface area contributed by atoms with Gasteiger partial charge in [0.1, 0.15) is 0 Å². The molecule has 1 rings (SSSR count). The molecule has 0 fully saturated rings. The Morgan fingerprint density at radius 2 is 2.06 bits per heavy atom. The molecule has 0 saturated carbocycles. The van der Waals surface area contributed by atoms with Crippen LogP contribution in [0, 0.1) is 5.92 Å². The van der Waals surface area contributed by atoms with Gasteiger partial charge in [-0.25, -0.2) is 0 Å². The molecule has 3 nitrogen and oxygen atoms in total. The fraction of sp³-hybridized carbons (Fsp3) is 0.533. The third-order valence-corrected chi connectivity index (χ3v) is 2.87. The first-order valence-corrected chi connectivity index (χ1v) is 6.56. The summed E-state index contributed by atoms with van der Waals surface area (Å²) >= 11 is 0. The van der Waals surface area contributed by atoms with Gasteiger partial charge in [0, 0.05) is 31.9 Å². The van der Waals surface area contributed by atoms with Gasteiger partial charge in [0.25, 0.3) is 5.91 Å². The highest BCUT2D eigenvalue weighted by Gasteiger charge is 2.06. The number of anilines is 1. The highest BCUT2D eigenvalue weighted by Crippen LogP contribution is 2.13. The van der Waals surface area contributed by atoms with Crippen LogP contribution in [0.25, 0.3) is 0 Å². The van der Waals surface area contributed by atoms with E-state index in [0.29, 0.717) is 5.92 Å². The fourth-order valence-corrected chi connectivity index (χ4v) is 1.74. The van der Waals surface area contributed by atoms with E-state index in [2.05, 4.69) is 19.2 Å². The molecule has 1 N–H and O–H groups in total. The van der Waals surface area contributed by atoms with E-state index in [4.69, 9.17) is 0 Å². The molecule has 1 aromatic carbocycles. The van der Waals surface area contributed by atoms with Gasteiger partial charge in [-0.3, -0.25) is 4.79 Å². The zero-order chi connectivity index (χ0) is 13.5. The monoisotopic (exact) mass is 248 g/mol. The molecule has 0 saturated heterocycles. The van der Waals surface area contributed by atoms with Crippen molar-refractivity contribution in [2.45, 2.75) is 26.7 Å². The number of nitrogens with zero attached hydrogens (tertiary/aromatic N) is 1. The zero-order valence-electron chi connectivity index (χ0n) is 11.9. The van der Waals surface area contributed by atoms with Gasteiger partial charge in [0.2, 0.25) is 0 Å². The van der Waals surface area contributed by atoms with Crippen LogP contribution in [0.2, 0.25) is 0 Å². The second-order valence-corrected chi connectivity index (χ2v) is 5.24. The lowest BCUT2D eigenvalue weighted by Crippen LogP contribution is -2.25. The van der Waals surface area contributed by atoms with Gasteiger partial charge in [-0.15, -0.1) is 0 Å². The van der Waals surface area contributed by atoms with Gasteiger partial charge < -0.3 is 10.2 Å². The summed E-state index contributed by atoms with van der Waals surface area (Å²) in [6.45, 7) is 5.15. The maximum Gasteiger partial charge on any atom is 0.251 e. The molecule has 0 aromatic heterocycles. The van der Waals surface area contributed by atoms with Crippen molar-refractivity contribution in [3.63, 3.8) is 0 Å². The molecule has 0 atom stereocenters. The van der Waals surface area contributed by atoms with Crippen LogP contribution in [0.15, 0.2) is 24.3 Å². The van der Waals surface area contributed by atoms with Crippen molar-refractivity contribution in [3.8, 4) is 0 Å². The van der Waals surface area contributed by atoms with Crippen LogP contribution in [0.4, 0.5) is 5.69 Å². The molecular weight excluding hydrogens is 224 g/mol. The molecule has 0 spiro atoms. The third kappa shape index (κ3) is 4.78. The van der Waals surface area contributed by atoms with Crippen LogP contribution in [-0.2, 0) is 0 Å². The molecule has 0 aliphatic carbocycles. The molecule has 0 aliphatic heterocycles. The maximum absolute atomic E-state index is 11.9. The number of nitrogens with one attached hydrogen (secondary N) is 1. The average molecular weight is 248 g/mol. The minimum absolute atomic E-state index is 0.0162. The minimum atomic E-state index is 0.0162. The number of amides is 1. The van der Waals surface area contributed by atoms with Crippen LogP contribution in [0.5, 0.6) is 0 Å². The molecule has 0 unspecified atom stereocenters. The number of carbonyl (C=O) groups excluding carboxylic acids is 1. The Morgan fingerprint density at radius 3 is 2.67 bits per heavy atom. The largest absolute Gasteiger partial charge is 0.378 e. The molecule has 1 aromatic rings. The Bertz CT molecular complexity index is 386. The first-order chi connectivity index (χ1) is 8.50. The van der Waals surface area contributed by atoms with Crippen molar-refractivity contribution in [1.29, 1.82) is 0 Å². The lowest BCUT2D eigenvalue weighted by atomic mass is 10.1. The summed E-state index contributed by atoms with van der Waals surface area (Å²) in [4.78, 5) is 13.9. The Hall–Kier alpha value is -1.51. The van der Waals surface area contributed by atoms with E-state index in [1.807, 2.05) is 43.3 Å². The topological polar surface area (TPSA) is 32.3 Å². The number of hydrogen-bond donors (Lipinski definition) is 1. The van der Waals surface area contributed by atoms with Gasteiger partial charge in [-0.1, -0.05) is 19.9 Å². The Kier molecular flexibility index (Phi) is 5.69. The van der Waals surface area contributed by atoms with Gasteiger partial charge in [0.15, 0.2) is 0 Å². The Morgan fingerprint density at radius 1 is 1.33 bits per heavy atom. The molecule has 3 heteroatoms. The van der Waals surface area contributed by atoms with Crippen molar-refractivity contribution in [2.24, 2.45) is 5.92 Å². The van der Waals surface area contributed by atoms with Crippen LogP contribution in [0.1, 0.15) is 37.0 Å². The van der Waals surface area contributed by atoms with Crippen molar-refractivity contribution in [2.75, 3.05) is 25.5 Å². The molecule has 0 aliphatic rings. The standard InChI is InChI=1S/C15H24N2O/c1-12(2)7-6-10-16-15(18)13-8-5-9-14(11-13)17(3)4/h5,8-9,11-12H,6-7,10H2,1-4H3,(H,16,18). The zero-order valence-corrected chi connectivity index (χ0v) is 11.9. The van der Waals surface area contributed by atoms with Crippen molar-refractivity contribution < 1.29 is 4.79 Å². The maximum atomic E-state index is 11.9. The molecule has 0 bridgehead atoms. The molecule has 0 heterocycles. The van der Waals surface area contributed by atoms with E-state index >= 15 is 0 Å². The number of rotatable bonds is 6. The Labute approximate surface area is 110 Å². The fourth-order valence-electron chi connectivity index (χ4n) is 1.74. The molecule has 100 valence electrons. The predicted molar refractivity (Wildman–Crippen MR) is 77.2 cm³/mol. The molecular formula is C15H24N2O. The predicted octanol–water partition coefficient (Wildman–Crippen LogP) is 2.92. The highest BCUT2D eigenvalue weighted by atomic mass is 16.1. The third-order valence-electron chi connectivity index (χ3n) is 2.87. The van der Waals surface area contributed by atoms with Gasteiger partial charge in [0.05, 0.1) is 0 Å². The van der Waals surface area contributed by atoms with E-state index in [-0.39, 0.29) is 5.91 Å². The summed E-state index contributed by atoms with van der Waals surface area (Å²) in [7, 11) is 3.94. The van der Waals surface area contributed by atoms with Crippen molar-refractivity contribution in [3.05, 3.63) is 29.8 Å². The van der Waals surface area contributed by atoms with Gasteiger partial charge in [-0.2, -0.15) is 0 Å². The van der Waals surface area contributed by atoms with Gasteiger partial charge in [-0.05, 0) is 37.0 Å². The van der Waals surface area contributed by atoms with Crippen LogP contribution in [-0.4, -0.2) is 26.5 Å². The second kappa shape index (κ2) is 7.04. The van der Waals surface area contributed by atoms with Crippen molar-refractivity contribution in [1.82, 2.24) is 5.32 Å². The summed E-state index contributed by atoms with van der Waals surface area (Å²) in [5.41, 5.74) is 1.77. The normalized spacial score (nSPS) is 10.5. The van der Waals surface area contributed by atoms with E-state index in [0.717, 1.165) is 30.6 Å². The first-order valence-electron chi connectivity index (χ1n) is 6.56. The summed E-state index contributed by atoms with van der Waals surface area (Å²) in [5.74, 6) is 0.710. The van der Waals surface area contributed by atoms with E-state index in [9.17, 15) is 4.79 Å². The van der Waals surface area contributed by atoms with Crippen molar-refractivity contribution >= 4 is 11.6 Å². The van der Waals surface area contributed by atoms with E-state index in [1.54, 1.807) is 0 Å². The smallest absolute Gasteiger partial charge is 0.251 e. The van der Waals surface area contributed by atoms with Crippen LogP contribution >= 0.6 is 0 Å². The summed E-state index contributed by atoms with van der Waals surface area (Å²) < 4.78 is 0. The quantitative estimate of drug-likeness (QED) is 0.785. The van der Waals surface area contributed by atoms with Crippen LogP contribution < -0.4 is 10.2 Å². The van der Waals surface area contributed by atoms with Gasteiger partial charge >= 0.3 is 0 Å². The first kappa shape index (κ1) is 14.6. The van der Waals surface area contributed by atoms with E-state index in [1.165, 1.54) is 0 Å². The second-order valence-electron chi connectivity index (χ2n) is 5.24. The minimum Gasteiger partial charge on any atom is -0.378 e. The molecule has 1 amide bonds. The number of hydrogen-bond acceptors (Lipinski definition) is 2. The molecule has 0 radical (unpaired) electrons. The summed E-state index contributed by atoms with van der Waals surface area (Å²) in [6, 6.07) is 7.68. The summed E-state index contributed by atoms with van der Waals surface area (Å²) in [6.07, 6.45) is 2.19. The average Bonchev–Trinajstić information content (AvgIpc) is 2.34. The lowest BCUT2D eigenvalue weighted by Gasteiger charge is -2.13. The Balaban J connectivity index is 2.48. The lowest BCUT2D eigenvalue weighted by molar-refractivity contribution is 0.0952. The van der Waals surface area contributed by atoms with E-state index < -0.39 is 0 Å². The number of benzene rings is 1. The SMILES string of the molecule is CC(C)CCCNC(=O)c1cccc(N(C)C)c1.